The minimum atomic E-state index is -2.62. The Bertz CT molecular complexity index is 1010. The van der Waals surface area contributed by atoms with Crippen molar-refractivity contribution >= 4 is 11.7 Å². The van der Waals surface area contributed by atoms with Gasteiger partial charge in [0.25, 0.3) is 11.8 Å². The standard InChI is InChI=1S/C18H17F2N7O/c1-26-14(3-2-13-6-12(8-21)9-24-16(13)22)7-15(25-26)17(28)23-4-5-27-10-18(19,20)11-27/h6-7,9H,4-5,10-11H2,1H3,(H2,22,24)(H,23,28). The van der Waals surface area contributed by atoms with Gasteiger partial charge < -0.3 is 11.1 Å². The first-order valence-electron chi connectivity index (χ1n) is 8.37. The van der Waals surface area contributed by atoms with Gasteiger partial charge in [0.1, 0.15) is 17.6 Å². The molecule has 0 aliphatic carbocycles. The summed E-state index contributed by atoms with van der Waals surface area (Å²) in [6.07, 6.45) is 1.36. The normalized spacial score (nSPS) is 15.1. The summed E-state index contributed by atoms with van der Waals surface area (Å²) in [4.78, 5) is 17.6. The van der Waals surface area contributed by atoms with Crippen molar-refractivity contribution in [2.75, 3.05) is 31.9 Å². The Labute approximate surface area is 159 Å². The van der Waals surface area contributed by atoms with Crippen LogP contribution in [0.5, 0.6) is 0 Å². The van der Waals surface area contributed by atoms with E-state index in [1.54, 1.807) is 11.9 Å². The molecule has 0 spiro atoms. The van der Waals surface area contributed by atoms with Crippen molar-refractivity contribution in [2.24, 2.45) is 7.05 Å². The van der Waals surface area contributed by atoms with Gasteiger partial charge in [0.15, 0.2) is 5.69 Å². The molecule has 10 heteroatoms. The number of nitrogens with one attached hydrogen (secondary N) is 1. The number of nitriles is 1. The number of aryl methyl sites for hydroxylation is 1. The number of amides is 1. The number of halogens is 2. The molecule has 3 N–H and O–H groups in total. The average molecular weight is 385 g/mol. The highest BCUT2D eigenvalue weighted by Gasteiger charge is 2.43. The van der Waals surface area contributed by atoms with Gasteiger partial charge in [-0.25, -0.2) is 13.8 Å². The zero-order valence-corrected chi connectivity index (χ0v) is 15.0. The Kier molecular flexibility index (Phi) is 5.25. The number of nitrogen functional groups attached to an aromatic ring is 1. The number of hydrogen-bond acceptors (Lipinski definition) is 6. The van der Waals surface area contributed by atoms with Crippen molar-refractivity contribution in [3.8, 4) is 17.9 Å². The first-order valence-corrected chi connectivity index (χ1v) is 8.37. The fraction of sp³-hybridized carbons (Fsp3) is 0.333. The lowest BCUT2D eigenvalue weighted by Crippen LogP contribution is -2.57. The highest BCUT2D eigenvalue weighted by molar-refractivity contribution is 5.92. The first kappa shape index (κ1) is 19.3. The van der Waals surface area contributed by atoms with E-state index < -0.39 is 11.8 Å². The second-order valence-electron chi connectivity index (χ2n) is 6.38. The second-order valence-corrected chi connectivity index (χ2v) is 6.38. The molecule has 8 nitrogen and oxygen atoms in total. The molecule has 2 aromatic rings. The third kappa shape index (κ3) is 4.42. The van der Waals surface area contributed by atoms with Gasteiger partial charge in [0.05, 0.1) is 24.2 Å². The van der Waals surface area contributed by atoms with Crippen LogP contribution in [0.2, 0.25) is 0 Å². The van der Waals surface area contributed by atoms with Crippen LogP contribution in [0.3, 0.4) is 0 Å². The van der Waals surface area contributed by atoms with Crippen molar-refractivity contribution in [2.45, 2.75) is 5.92 Å². The lowest BCUT2D eigenvalue weighted by atomic mass is 10.1. The number of carbonyl (C=O) groups excluding carboxylic acids is 1. The van der Waals surface area contributed by atoms with E-state index in [1.165, 1.54) is 23.0 Å². The van der Waals surface area contributed by atoms with E-state index in [0.29, 0.717) is 23.4 Å². The smallest absolute Gasteiger partial charge is 0.272 e. The van der Waals surface area contributed by atoms with Crippen LogP contribution in [0.15, 0.2) is 18.3 Å². The first-order chi connectivity index (χ1) is 13.3. The maximum absolute atomic E-state index is 12.8. The fourth-order valence-electron chi connectivity index (χ4n) is 2.65. The molecule has 0 bridgehead atoms. The van der Waals surface area contributed by atoms with Crippen LogP contribution in [0.4, 0.5) is 14.6 Å². The van der Waals surface area contributed by atoms with Crippen molar-refractivity contribution in [1.29, 1.82) is 5.26 Å². The topological polar surface area (TPSA) is 113 Å². The quantitative estimate of drug-likeness (QED) is 0.735. The molecule has 28 heavy (non-hydrogen) atoms. The monoisotopic (exact) mass is 385 g/mol. The number of anilines is 1. The van der Waals surface area contributed by atoms with Crippen LogP contribution in [0.25, 0.3) is 0 Å². The number of nitrogens with zero attached hydrogens (tertiary/aromatic N) is 5. The van der Waals surface area contributed by atoms with Gasteiger partial charge in [-0.3, -0.25) is 14.4 Å². The molecule has 1 fully saturated rings. The van der Waals surface area contributed by atoms with Crippen LogP contribution in [0, 0.1) is 23.2 Å². The highest BCUT2D eigenvalue weighted by Crippen LogP contribution is 2.25. The van der Waals surface area contributed by atoms with Gasteiger partial charge in [0, 0.05) is 32.4 Å². The minimum absolute atomic E-state index is 0.164. The number of hydrogen-bond donors (Lipinski definition) is 2. The van der Waals surface area contributed by atoms with Gasteiger partial charge in [0.2, 0.25) is 0 Å². The van der Waals surface area contributed by atoms with Gasteiger partial charge in [-0.15, -0.1) is 0 Å². The van der Waals surface area contributed by atoms with Crippen LogP contribution < -0.4 is 11.1 Å². The van der Waals surface area contributed by atoms with Crippen molar-refractivity contribution in [3.05, 3.63) is 40.8 Å². The lowest BCUT2D eigenvalue weighted by molar-refractivity contribution is -0.129. The predicted octanol–water partition coefficient (Wildman–Crippen LogP) is 0.349. The summed E-state index contributed by atoms with van der Waals surface area (Å²) >= 11 is 0. The molecular weight excluding hydrogens is 368 g/mol. The molecule has 0 aromatic carbocycles. The number of nitrogens with two attached hydrogens (primary N) is 1. The van der Waals surface area contributed by atoms with Gasteiger partial charge >= 0.3 is 0 Å². The van der Waals surface area contributed by atoms with Crippen LogP contribution in [-0.2, 0) is 7.05 Å². The van der Waals surface area contributed by atoms with E-state index in [1.807, 2.05) is 6.07 Å². The van der Waals surface area contributed by atoms with Crippen LogP contribution in [0.1, 0.15) is 27.3 Å². The Morgan fingerprint density at radius 1 is 1.39 bits per heavy atom. The largest absolute Gasteiger partial charge is 0.383 e. The third-order valence-electron chi connectivity index (χ3n) is 4.11. The summed E-state index contributed by atoms with van der Waals surface area (Å²) in [5, 5.41) is 15.7. The molecular formula is C18H17F2N7O. The minimum Gasteiger partial charge on any atom is -0.383 e. The number of rotatable bonds is 4. The van der Waals surface area contributed by atoms with E-state index in [4.69, 9.17) is 11.0 Å². The molecule has 0 radical (unpaired) electrons. The molecule has 1 saturated heterocycles. The van der Waals surface area contributed by atoms with Crippen LogP contribution in [-0.4, -0.2) is 57.7 Å². The van der Waals surface area contributed by atoms with Gasteiger partial charge in [-0.05, 0) is 12.0 Å². The Balaban J connectivity index is 1.62. The van der Waals surface area contributed by atoms with Crippen molar-refractivity contribution < 1.29 is 13.6 Å². The molecule has 3 heterocycles. The third-order valence-corrected chi connectivity index (χ3v) is 4.11. The molecule has 0 atom stereocenters. The summed E-state index contributed by atoms with van der Waals surface area (Å²) in [5.41, 5.74) is 7.12. The molecule has 0 saturated carbocycles. The van der Waals surface area contributed by atoms with E-state index >= 15 is 0 Å². The SMILES string of the molecule is Cn1nc(C(=O)NCCN2CC(F)(F)C2)cc1C#Cc1cc(C#N)cnc1N. The molecule has 1 aliphatic heterocycles. The summed E-state index contributed by atoms with van der Waals surface area (Å²) < 4.78 is 27.0. The summed E-state index contributed by atoms with van der Waals surface area (Å²) in [6, 6.07) is 5.00. The zero-order chi connectivity index (χ0) is 20.3. The van der Waals surface area contributed by atoms with E-state index in [-0.39, 0.29) is 31.1 Å². The van der Waals surface area contributed by atoms with Crippen molar-refractivity contribution in [3.63, 3.8) is 0 Å². The number of alkyl halides is 2. The Hall–Kier alpha value is -3.50. The fourth-order valence-corrected chi connectivity index (χ4v) is 2.65. The predicted molar refractivity (Wildman–Crippen MR) is 96.3 cm³/mol. The van der Waals surface area contributed by atoms with Crippen molar-refractivity contribution in [1.82, 2.24) is 25.0 Å². The van der Waals surface area contributed by atoms with E-state index in [2.05, 4.69) is 27.2 Å². The summed E-state index contributed by atoms with van der Waals surface area (Å²) in [6.45, 7) is 0.0341. The molecule has 2 aromatic heterocycles. The Morgan fingerprint density at radius 2 is 2.14 bits per heavy atom. The number of pyridine rings is 1. The molecule has 1 amide bonds. The summed E-state index contributed by atoms with van der Waals surface area (Å²) in [7, 11) is 1.64. The summed E-state index contributed by atoms with van der Waals surface area (Å²) in [5.74, 6) is 2.83. The zero-order valence-electron chi connectivity index (χ0n) is 15.0. The highest BCUT2D eigenvalue weighted by atomic mass is 19.3. The molecule has 1 aliphatic rings. The number of carbonyl (C=O) groups is 1. The maximum Gasteiger partial charge on any atom is 0.272 e. The van der Waals surface area contributed by atoms with Crippen LogP contribution >= 0.6 is 0 Å². The maximum atomic E-state index is 12.8. The molecule has 3 rings (SSSR count). The van der Waals surface area contributed by atoms with E-state index in [9.17, 15) is 13.6 Å². The molecule has 144 valence electrons. The second kappa shape index (κ2) is 7.62. The van der Waals surface area contributed by atoms with E-state index in [0.717, 1.165) is 0 Å². The lowest BCUT2D eigenvalue weighted by Gasteiger charge is -2.38. The number of likely N-dealkylation sites (tertiary alicyclic amines) is 1. The number of aromatic nitrogens is 3. The van der Waals surface area contributed by atoms with Gasteiger partial charge in [-0.2, -0.15) is 10.4 Å². The Morgan fingerprint density at radius 3 is 2.82 bits per heavy atom. The average Bonchev–Trinajstić information content (AvgIpc) is 3.00. The molecule has 0 unspecified atom stereocenters. The van der Waals surface area contributed by atoms with Gasteiger partial charge in [-0.1, -0.05) is 5.92 Å².